The van der Waals surface area contributed by atoms with E-state index in [9.17, 15) is 29.3 Å². The number of nitro groups is 1. The van der Waals surface area contributed by atoms with Crippen LogP contribution in [-0.2, 0) is 35.2 Å². The number of carbonyl (C=O) groups excluding carboxylic acids is 4. The van der Waals surface area contributed by atoms with E-state index < -0.39 is 34.6 Å². The average molecular weight is 506 g/mol. The highest BCUT2D eigenvalue weighted by atomic mass is 32.2. The zero-order valence-electron chi connectivity index (χ0n) is 19.1. The Morgan fingerprint density at radius 3 is 2.60 bits per heavy atom. The number of nitrogens with zero attached hydrogens (tertiary/aromatic N) is 2. The van der Waals surface area contributed by atoms with Gasteiger partial charge in [-0.15, -0.1) is 11.8 Å². The van der Waals surface area contributed by atoms with Gasteiger partial charge in [0.05, 0.1) is 16.3 Å². The molecule has 2 saturated heterocycles. The molecule has 12 nitrogen and oxygen atoms in total. The Morgan fingerprint density at radius 2 is 2.03 bits per heavy atom. The van der Waals surface area contributed by atoms with E-state index in [0.29, 0.717) is 16.9 Å². The Balaban J connectivity index is 1.53. The Kier molecular flexibility index (Phi) is 6.45. The van der Waals surface area contributed by atoms with Crippen LogP contribution in [0.1, 0.15) is 32.8 Å². The maximum atomic E-state index is 13.1. The molecule has 2 amide bonds. The van der Waals surface area contributed by atoms with Crippen LogP contribution < -0.4 is 5.32 Å². The predicted octanol–water partition coefficient (Wildman–Crippen LogP) is 2.22. The van der Waals surface area contributed by atoms with E-state index in [0.717, 1.165) is 0 Å². The minimum absolute atomic E-state index is 0.0721. The van der Waals surface area contributed by atoms with Crippen molar-refractivity contribution in [3.63, 3.8) is 0 Å². The first-order chi connectivity index (χ1) is 16.5. The summed E-state index contributed by atoms with van der Waals surface area (Å²) >= 11 is 1.23. The lowest BCUT2D eigenvalue weighted by Gasteiger charge is -2.48. The smallest absolute Gasteiger partial charge is 0.456 e. The summed E-state index contributed by atoms with van der Waals surface area (Å²) in [6.07, 6.45) is -0.526. The van der Waals surface area contributed by atoms with Crippen molar-refractivity contribution in [2.24, 2.45) is 5.92 Å². The summed E-state index contributed by atoms with van der Waals surface area (Å²) in [5.74, 6) is -2.06. The van der Waals surface area contributed by atoms with Crippen LogP contribution in [-0.4, -0.2) is 57.4 Å². The number of rotatable bonds is 8. The van der Waals surface area contributed by atoms with Crippen molar-refractivity contribution < 1.29 is 38.3 Å². The molecule has 3 heterocycles. The van der Waals surface area contributed by atoms with Gasteiger partial charge >= 0.3 is 12.1 Å². The fraction of sp³-hybridized carbons (Fsp3) is 0.455. The summed E-state index contributed by atoms with van der Waals surface area (Å²) in [5, 5.41) is 13.2. The van der Waals surface area contributed by atoms with E-state index in [1.165, 1.54) is 47.9 Å². The fourth-order valence-corrected chi connectivity index (χ4v) is 5.71. The summed E-state index contributed by atoms with van der Waals surface area (Å²) in [4.78, 5) is 61.4. The maximum Gasteiger partial charge on any atom is 0.509 e. The molecule has 13 heteroatoms. The summed E-state index contributed by atoms with van der Waals surface area (Å²) in [6.45, 7) is 4.52. The number of hydrogen-bond donors (Lipinski definition) is 1. The molecule has 2 fully saturated rings. The van der Waals surface area contributed by atoms with Gasteiger partial charge in [-0.25, -0.2) is 9.59 Å². The number of esters is 1. The molecule has 0 spiro atoms. The van der Waals surface area contributed by atoms with Crippen molar-refractivity contribution in [3.05, 3.63) is 50.5 Å². The van der Waals surface area contributed by atoms with Crippen LogP contribution in [0.15, 0.2) is 34.9 Å². The summed E-state index contributed by atoms with van der Waals surface area (Å²) < 4.78 is 15.6. The van der Waals surface area contributed by atoms with Gasteiger partial charge in [0.25, 0.3) is 5.69 Å². The van der Waals surface area contributed by atoms with Gasteiger partial charge in [-0.05, 0) is 31.5 Å². The number of non-ortho nitro benzene ring substituents is 1. The van der Waals surface area contributed by atoms with E-state index in [1.54, 1.807) is 13.8 Å². The van der Waals surface area contributed by atoms with Crippen LogP contribution in [0, 0.1) is 16.0 Å². The minimum Gasteiger partial charge on any atom is -0.456 e. The molecule has 4 atom stereocenters. The van der Waals surface area contributed by atoms with Crippen molar-refractivity contribution in [2.75, 3.05) is 6.61 Å². The zero-order chi connectivity index (χ0) is 25.5. The second-order valence-electron chi connectivity index (χ2n) is 8.64. The molecule has 0 aliphatic carbocycles. The monoisotopic (exact) mass is 505 g/mol. The van der Waals surface area contributed by atoms with Gasteiger partial charge in [0.2, 0.25) is 11.8 Å². The number of benzene rings is 1. The largest absolute Gasteiger partial charge is 0.509 e. The average Bonchev–Trinajstić information content (AvgIpc) is 3.28. The molecule has 3 aliphatic rings. The van der Waals surface area contributed by atoms with Crippen LogP contribution in [0.5, 0.6) is 0 Å². The molecule has 3 aliphatic heterocycles. The summed E-state index contributed by atoms with van der Waals surface area (Å²) in [7, 11) is 0. The minimum atomic E-state index is -1.15. The second kappa shape index (κ2) is 9.21. The molecule has 0 bridgehead atoms. The van der Waals surface area contributed by atoms with Gasteiger partial charge in [0.15, 0.2) is 5.60 Å². The lowest BCUT2D eigenvalue weighted by molar-refractivity contribution is -0.384. The number of amides is 2. The number of β-lactam (4-membered cyclic amide) rings is 1. The van der Waals surface area contributed by atoms with Gasteiger partial charge < -0.3 is 24.4 Å². The number of ether oxygens (including phenoxy) is 3. The predicted molar refractivity (Wildman–Crippen MR) is 120 cm³/mol. The van der Waals surface area contributed by atoms with Crippen LogP contribution >= 0.6 is 11.8 Å². The third-order valence-corrected chi connectivity index (χ3v) is 7.12. The standard InChI is InChI=1S/C22H23N3O9S/c1-11(26)23-12(2)35-16-8-15-17(22(3)10-33-21(29)34-22)19(27)24(15)18(16)20(28)32-9-13-4-6-14(7-5-13)25(30)31/h4-7,12,15,17H,8-10H2,1-3H3,(H,23,26)/t12?,15?,17-,22?/m0/s1. The Labute approximate surface area is 204 Å². The molecule has 1 N–H and O–H groups in total. The molecule has 0 saturated carbocycles. The number of hydrogen-bond acceptors (Lipinski definition) is 10. The van der Waals surface area contributed by atoms with Crippen molar-refractivity contribution in [1.82, 2.24) is 10.2 Å². The second-order valence-corrected chi connectivity index (χ2v) is 10.1. The molecule has 3 unspecified atom stereocenters. The first-order valence-corrected chi connectivity index (χ1v) is 11.6. The molecular weight excluding hydrogens is 482 g/mol. The van der Waals surface area contributed by atoms with E-state index in [1.807, 2.05) is 0 Å². The number of cyclic esters (lactones) is 2. The van der Waals surface area contributed by atoms with Crippen LogP contribution in [0.4, 0.5) is 10.5 Å². The molecule has 35 heavy (non-hydrogen) atoms. The van der Waals surface area contributed by atoms with Gasteiger partial charge in [-0.1, -0.05) is 0 Å². The maximum absolute atomic E-state index is 13.1. The molecule has 1 aromatic carbocycles. The fourth-order valence-electron chi connectivity index (χ4n) is 4.50. The molecule has 1 aromatic rings. The Morgan fingerprint density at radius 1 is 1.34 bits per heavy atom. The lowest BCUT2D eigenvalue weighted by Crippen LogP contribution is -2.66. The highest BCUT2D eigenvalue weighted by Crippen LogP contribution is 2.51. The highest BCUT2D eigenvalue weighted by Gasteiger charge is 2.65. The van der Waals surface area contributed by atoms with Crippen molar-refractivity contribution in [3.8, 4) is 0 Å². The Bertz CT molecular complexity index is 1140. The van der Waals surface area contributed by atoms with Crippen LogP contribution in [0.25, 0.3) is 0 Å². The van der Waals surface area contributed by atoms with Gasteiger partial charge in [0, 0.05) is 30.4 Å². The SMILES string of the molecule is CC(=O)NC(C)SC1=C(C(=O)OCc2ccc([N+](=O)[O-])cc2)N2C(=O)[C@@H](C3(C)COC(=O)O3)C2C1. The summed E-state index contributed by atoms with van der Waals surface area (Å²) in [5.41, 5.74) is -0.620. The number of fused-ring (bicyclic) bond motifs is 1. The lowest BCUT2D eigenvalue weighted by atomic mass is 9.75. The molecule has 0 radical (unpaired) electrons. The highest BCUT2D eigenvalue weighted by molar-refractivity contribution is 8.03. The van der Waals surface area contributed by atoms with Crippen molar-refractivity contribution in [1.29, 1.82) is 0 Å². The topological polar surface area (TPSA) is 154 Å². The third-order valence-electron chi connectivity index (χ3n) is 6.01. The first-order valence-electron chi connectivity index (χ1n) is 10.8. The number of thioether (sulfide) groups is 1. The van der Waals surface area contributed by atoms with Crippen LogP contribution in [0.3, 0.4) is 0 Å². The molecule has 0 aromatic heterocycles. The number of carbonyl (C=O) groups is 4. The van der Waals surface area contributed by atoms with E-state index in [4.69, 9.17) is 14.2 Å². The van der Waals surface area contributed by atoms with E-state index >= 15 is 0 Å². The number of nitro benzene ring substituents is 1. The normalized spacial score (nSPS) is 25.9. The van der Waals surface area contributed by atoms with E-state index in [-0.39, 0.29) is 41.8 Å². The van der Waals surface area contributed by atoms with Crippen molar-refractivity contribution in [2.45, 2.75) is 50.8 Å². The summed E-state index contributed by atoms with van der Waals surface area (Å²) in [6, 6.07) is 5.13. The third kappa shape index (κ3) is 4.67. The molecule has 186 valence electrons. The molecule has 4 rings (SSSR count). The van der Waals surface area contributed by atoms with Crippen molar-refractivity contribution >= 4 is 41.4 Å². The van der Waals surface area contributed by atoms with Gasteiger partial charge in [0.1, 0.15) is 24.8 Å². The quantitative estimate of drug-likeness (QED) is 0.183. The first kappa shape index (κ1) is 24.5. The van der Waals surface area contributed by atoms with Gasteiger partial charge in [-0.3, -0.25) is 19.7 Å². The van der Waals surface area contributed by atoms with Crippen LogP contribution in [0.2, 0.25) is 0 Å². The molecular formula is C22H23N3O9S. The van der Waals surface area contributed by atoms with E-state index in [2.05, 4.69) is 5.32 Å². The Hall–Kier alpha value is -3.61. The number of nitrogens with one attached hydrogen (secondary N) is 1. The zero-order valence-corrected chi connectivity index (χ0v) is 20.0. The van der Waals surface area contributed by atoms with Gasteiger partial charge in [-0.2, -0.15) is 0 Å².